The number of ether oxygens (including phenoxy) is 1. The van der Waals surface area contributed by atoms with Gasteiger partial charge in [0.25, 0.3) is 0 Å². The van der Waals surface area contributed by atoms with Gasteiger partial charge in [-0.3, -0.25) is 4.79 Å². The zero-order chi connectivity index (χ0) is 24.3. The van der Waals surface area contributed by atoms with Gasteiger partial charge in [0.05, 0.1) is 19.1 Å². The minimum absolute atomic E-state index is 0.0292. The second kappa shape index (κ2) is 9.93. The molecular weight excluding hydrogens is 455 g/mol. The van der Waals surface area contributed by atoms with Gasteiger partial charge in [-0.1, -0.05) is 24.3 Å². The lowest BCUT2D eigenvalue weighted by Crippen LogP contribution is -2.39. The molecule has 4 rings (SSSR count). The second-order valence-electron chi connectivity index (χ2n) is 8.58. The van der Waals surface area contributed by atoms with E-state index < -0.39 is 11.4 Å². The van der Waals surface area contributed by atoms with Gasteiger partial charge in [0.1, 0.15) is 16.6 Å². The maximum Gasteiger partial charge on any atom is 0.355 e. The average Bonchev–Trinajstić information content (AvgIpc) is 3.56. The molecule has 1 aromatic heterocycles. The number of thiazole rings is 1. The molecule has 0 atom stereocenters. The molecule has 0 unspecified atom stereocenters. The van der Waals surface area contributed by atoms with Gasteiger partial charge >= 0.3 is 5.97 Å². The maximum atomic E-state index is 13.8. The van der Waals surface area contributed by atoms with Crippen LogP contribution in [0.15, 0.2) is 48.5 Å². The Balaban J connectivity index is 1.54. The Hall–Kier alpha value is -3.26. The second-order valence-corrected chi connectivity index (χ2v) is 9.87. The zero-order valence-corrected chi connectivity index (χ0v) is 20.0. The highest BCUT2D eigenvalue weighted by atomic mass is 32.1. The van der Waals surface area contributed by atoms with Gasteiger partial charge in [-0.25, -0.2) is 14.2 Å². The molecule has 178 valence electrons. The summed E-state index contributed by atoms with van der Waals surface area (Å²) in [7, 11) is 1.61. The number of aromatic nitrogens is 1. The quantitative estimate of drug-likeness (QED) is 0.440. The molecule has 0 bridgehead atoms. The SMILES string of the molecule is COc1ccc(C2(C(=O)N(CCCc3ccc(F)cc3)Cc3nc(C(=O)O)c(C)s3)CC2)cc1. The van der Waals surface area contributed by atoms with Crippen molar-refractivity contribution in [3.05, 3.63) is 81.1 Å². The summed E-state index contributed by atoms with van der Waals surface area (Å²) < 4.78 is 18.5. The van der Waals surface area contributed by atoms with Crippen LogP contribution in [-0.4, -0.2) is 40.5 Å². The zero-order valence-electron chi connectivity index (χ0n) is 19.2. The van der Waals surface area contributed by atoms with E-state index in [-0.39, 0.29) is 24.0 Å². The van der Waals surface area contributed by atoms with Gasteiger partial charge in [0.15, 0.2) is 5.69 Å². The normalized spacial score (nSPS) is 14.0. The number of carbonyl (C=O) groups excluding carboxylic acids is 1. The molecular formula is C26H27FN2O4S. The highest BCUT2D eigenvalue weighted by Crippen LogP contribution is 2.50. The van der Waals surface area contributed by atoms with Crippen LogP contribution in [0.3, 0.4) is 0 Å². The number of carbonyl (C=O) groups is 2. The van der Waals surface area contributed by atoms with Crippen molar-refractivity contribution >= 4 is 23.2 Å². The van der Waals surface area contributed by atoms with E-state index in [1.54, 1.807) is 31.1 Å². The lowest BCUT2D eigenvalue weighted by Gasteiger charge is -2.27. The Morgan fingerprint density at radius 1 is 1.15 bits per heavy atom. The molecule has 3 aromatic rings. The Labute approximate surface area is 202 Å². The minimum atomic E-state index is -1.06. The molecule has 34 heavy (non-hydrogen) atoms. The van der Waals surface area contributed by atoms with Crippen molar-refractivity contribution in [2.75, 3.05) is 13.7 Å². The van der Waals surface area contributed by atoms with E-state index in [1.165, 1.54) is 23.5 Å². The summed E-state index contributed by atoms with van der Waals surface area (Å²) in [5.41, 5.74) is 1.44. The Morgan fingerprint density at radius 2 is 1.82 bits per heavy atom. The number of rotatable bonds is 10. The van der Waals surface area contributed by atoms with Crippen LogP contribution in [0.25, 0.3) is 0 Å². The van der Waals surface area contributed by atoms with Gasteiger partial charge in [-0.2, -0.15) is 0 Å². The first-order chi connectivity index (χ1) is 16.3. The van der Waals surface area contributed by atoms with Gasteiger partial charge < -0.3 is 14.7 Å². The number of carboxylic acids is 1. The van der Waals surface area contributed by atoms with Crippen LogP contribution < -0.4 is 4.74 Å². The molecule has 8 heteroatoms. The number of nitrogens with zero attached hydrogens (tertiary/aromatic N) is 2. The molecule has 1 amide bonds. The molecule has 6 nitrogen and oxygen atoms in total. The summed E-state index contributed by atoms with van der Waals surface area (Å²) in [4.78, 5) is 31.9. The number of benzene rings is 2. The highest BCUT2D eigenvalue weighted by Gasteiger charge is 2.53. The van der Waals surface area contributed by atoms with Crippen LogP contribution in [-0.2, 0) is 23.2 Å². The molecule has 1 N–H and O–H groups in total. The average molecular weight is 483 g/mol. The summed E-state index contributed by atoms with van der Waals surface area (Å²) in [6, 6.07) is 14.0. The molecule has 0 radical (unpaired) electrons. The number of carboxylic acid groups (broad SMARTS) is 1. The molecule has 1 saturated carbocycles. The lowest BCUT2D eigenvalue weighted by molar-refractivity contribution is -0.134. The summed E-state index contributed by atoms with van der Waals surface area (Å²) >= 11 is 1.31. The highest BCUT2D eigenvalue weighted by molar-refractivity contribution is 7.11. The van der Waals surface area contributed by atoms with Crippen LogP contribution in [0.5, 0.6) is 5.75 Å². The molecule has 1 fully saturated rings. The molecule has 0 aliphatic heterocycles. The van der Waals surface area contributed by atoms with E-state index in [2.05, 4.69) is 4.98 Å². The number of hydrogen-bond donors (Lipinski definition) is 1. The predicted octanol–water partition coefficient (Wildman–Crippen LogP) is 4.99. The summed E-state index contributed by atoms with van der Waals surface area (Å²) in [5, 5.41) is 9.97. The predicted molar refractivity (Wildman–Crippen MR) is 128 cm³/mol. The van der Waals surface area contributed by atoms with E-state index in [0.717, 1.165) is 29.7 Å². The van der Waals surface area contributed by atoms with E-state index in [4.69, 9.17) is 4.74 Å². The van der Waals surface area contributed by atoms with Gasteiger partial charge in [0, 0.05) is 11.4 Å². The first-order valence-corrected chi connectivity index (χ1v) is 12.0. The Morgan fingerprint density at radius 3 is 2.38 bits per heavy atom. The van der Waals surface area contributed by atoms with Gasteiger partial charge in [0.2, 0.25) is 5.91 Å². The van der Waals surface area contributed by atoms with Crippen LogP contribution in [0.4, 0.5) is 4.39 Å². The van der Waals surface area contributed by atoms with Crippen molar-refractivity contribution in [3.63, 3.8) is 0 Å². The number of aryl methyl sites for hydroxylation is 2. The van der Waals surface area contributed by atoms with E-state index >= 15 is 0 Å². The topological polar surface area (TPSA) is 79.7 Å². The third-order valence-corrected chi connectivity index (χ3v) is 7.22. The van der Waals surface area contributed by atoms with Gasteiger partial charge in [-0.15, -0.1) is 11.3 Å². The molecule has 0 spiro atoms. The summed E-state index contributed by atoms with van der Waals surface area (Å²) in [6.45, 7) is 2.49. The fourth-order valence-electron chi connectivity index (χ4n) is 4.22. The van der Waals surface area contributed by atoms with Crippen molar-refractivity contribution in [2.45, 2.75) is 44.6 Å². The number of halogens is 1. The van der Waals surface area contributed by atoms with E-state index in [9.17, 15) is 19.1 Å². The van der Waals surface area contributed by atoms with Crippen molar-refractivity contribution < 1.29 is 23.8 Å². The molecule has 0 saturated heterocycles. The standard InChI is InChI=1S/C26H27FN2O4S/c1-17-23(24(30)31)28-22(34-17)16-29(15-3-4-18-5-9-20(27)10-6-18)25(32)26(13-14-26)19-7-11-21(33-2)12-8-19/h5-12H,3-4,13-16H2,1-2H3,(H,30,31). The Bertz CT molecular complexity index is 1170. The fraction of sp³-hybridized carbons (Fsp3) is 0.346. The first kappa shape index (κ1) is 23.9. The number of methoxy groups -OCH3 is 1. The molecule has 1 heterocycles. The number of aromatic carboxylic acids is 1. The summed E-state index contributed by atoms with van der Waals surface area (Å²) in [5.74, 6) is -0.570. The van der Waals surface area contributed by atoms with Crippen molar-refractivity contribution in [1.82, 2.24) is 9.88 Å². The van der Waals surface area contributed by atoms with E-state index in [0.29, 0.717) is 29.3 Å². The van der Waals surface area contributed by atoms with Crippen molar-refractivity contribution in [2.24, 2.45) is 0 Å². The van der Waals surface area contributed by atoms with Crippen molar-refractivity contribution in [1.29, 1.82) is 0 Å². The lowest BCUT2D eigenvalue weighted by atomic mass is 9.94. The molecule has 1 aliphatic rings. The van der Waals surface area contributed by atoms with Crippen molar-refractivity contribution in [3.8, 4) is 5.75 Å². The van der Waals surface area contributed by atoms with Crippen LogP contribution in [0.1, 0.15) is 50.8 Å². The largest absolute Gasteiger partial charge is 0.497 e. The smallest absolute Gasteiger partial charge is 0.355 e. The van der Waals surface area contributed by atoms with Crippen LogP contribution in [0.2, 0.25) is 0 Å². The molecule has 2 aromatic carbocycles. The number of amides is 1. The summed E-state index contributed by atoms with van der Waals surface area (Å²) in [6.07, 6.45) is 2.94. The first-order valence-electron chi connectivity index (χ1n) is 11.2. The van der Waals surface area contributed by atoms with E-state index in [1.807, 2.05) is 24.3 Å². The fourth-order valence-corrected chi connectivity index (χ4v) is 5.16. The third-order valence-electron chi connectivity index (χ3n) is 6.27. The molecule has 1 aliphatic carbocycles. The third kappa shape index (κ3) is 5.12. The minimum Gasteiger partial charge on any atom is -0.497 e. The monoisotopic (exact) mass is 482 g/mol. The van der Waals surface area contributed by atoms with Crippen LogP contribution in [0, 0.1) is 12.7 Å². The Kier molecular flexibility index (Phi) is 6.97. The maximum absolute atomic E-state index is 13.8. The number of hydrogen-bond acceptors (Lipinski definition) is 5. The van der Waals surface area contributed by atoms with Crippen LogP contribution >= 0.6 is 11.3 Å². The van der Waals surface area contributed by atoms with Gasteiger partial charge in [-0.05, 0) is 68.0 Å².